The van der Waals surface area contributed by atoms with Crippen molar-refractivity contribution in [3.63, 3.8) is 0 Å². The Morgan fingerprint density at radius 2 is 2.00 bits per heavy atom. The minimum atomic E-state index is -0.120. The molecular weight excluding hydrogens is 342 g/mol. The van der Waals surface area contributed by atoms with Crippen LogP contribution in [0.25, 0.3) is 0 Å². The third-order valence-electron chi connectivity index (χ3n) is 5.11. The van der Waals surface area contributed by atoms with Crippen molar-refractivity contribution in [2.75, 3.05) is 19.7 Å². The summed E-state index contributed by atoms with van der Waals surface area (Å²) >= 11 is 0. The number of rotatable bonds is 7. The Kier molecular flexibility index (Phi) is 5.53. The van der Waals surface area contributed by atoms with Gasteiger partial charge in [0.1, 0.15) is 6.61 Å². The average molecular weight is 367 g/mol. The molecule has 1 fully saturated rings. The first-order valence-electron chi connectivity index (χ1n) is 9.58. The molecule has 0 aliphatic carbocycles. The number of carbonyl (C=O) groups excluding carboxylic acids is 1. The predicted octanol–water partition coefficient (Wildman–Crippen LogP) is 2.39. The second kappa shape index (κ2) is 8.39. The van der Waals surface area contributed by atoms with Gasteiger partial charge in [-0.05, 0) is 43.7 Å². The molecule has 27 heavy (non-hydrogen) atoms. The summed E-state index contributed by atoms with van der Waals surface area (Å²) < 4.78 is 11.8. The van der Waals surface area contributed by atoms with Crippen LogP contribution in [-0.2, 0) is 11.3 Å². The van der Waals surface area contributed by atoms with Gasteiger partial charge in [0, 0.05) is 25.2 Å². The highest BCUT2D eigenvalue weighted by Gasteiger charge is 2.34. The van der Waals surface area contributed by atoms with Gasteiger partial charge in [-0.15, -0.1) is 0 Å². The minimum absolute atomic E-state index is 0.120. The van der Waals surface area contributed by atoms with E-state index in [9.17, 15) is 4.79 Å². The van der Waals surface area contributed by atoms with Gasteiger partial charge in [-0.3, -0.25) is 9.78 Å². The second-order valence-electron chi connectivity index (χ2n) is 7.02. The van der Waals surface area contributed by atoms with E-state index in [1.165, 1.54) is 0 Å². The minimum Gasteiger partial charge on any atom is -0.486 e. The maximum Gasteiger partial charge on any atom is 0.223 e. The summed E-state index contributed by atoms with van der Waals surface area (Å²) in [5.74, 6) is 1.75. The Morgan fingerprint density at radius 3 is 2.85 bits per heavy atom. The van der Waals surface area contributed by atoms with Crippen LogP contribution in [0.3, 0.4) is 0 Å². The molecule has 1 amide bonds. The summed E-state index contributed by atoms with van der Waals surface area (Å²) in [6.07, 6.45) is 4.15. The Hall–Kier alpha value is -2.60. The van der Waals surface area contributed by atoms with Crippen molar-refractivity contribution in [1.29, 1.82) is 0 Å². The molecule has 2 aromatic rings. The van der Waals surface area contributed by atoms with Gasteiger partial charge < -0.3 is 19.7 Å². The predicted molar refractivity (Wildman–Crippen MR) is 102 cm³/mol. The molecule has 4 rings (SSSR count). The number of hydrogen-bond acceptors (Lipinski definition) is 5. The monoisotopic (exact) mass is 367 g/mol. The molecule has 0 saturated carbocycles. The number of para-hydroxylation sites is 2. The molecule has 3 heterocycles. The lowest BCUT2D eigenvalue weighted by Gasteiger charge is -2.32. The number of nitrogens with one attached hydrogen (secondary N) is 1. The number of nitrogens with zero attached hydrogens (tertiary/aromatic N) is 2. The van der Waals surface area contributed by atoms with Crippen molar-refractivity contribution < 1.29 is 14.3 Å². The smallest absolute Gasteiger partial charge is 0.223 e. The normalized spacial score (nSPS) is 21.5. The fraction of sp³-hybridized carbons (Fsp3) is 0.429. The van der Waals surface area contributed by atoms with Crippen LogP contribution in [0, 0.1) is 0 Å². The standard InChI is InChI=1S/C21H25N3O3/c25-21-9-8-17(10-12-22-13-16-5-3-4-11-23-16)24(21)14-18-15-26-19-6-1-2-7-20(19)27-18/h1-7,11,17-18,22H,8-10,12-15H2/t17-,18-/m0/s1. The van der Waals surface area contributed by atoms with Crippen LogP contribution >= 0.6 is 0 Å². The Bertz CT molecular complexity index is 768. The number of likely N-dealkylation sites (tertiary alicyclic amines) is 1. The SMILES string of the molecule is O=C1CC[C@@H](CCNCc2ccccn2)N1C[C@H]1COc2ccccc2O1. The van der Waals surface area contributed by atoms with Crippen molar-refractivity contribution in [2.45, 2.75) is 38.0 Å². The van der Waals surface area contributed by atoms with Crippen molar-refractivity contribution in [3.8, 4) is 11.5 Å². The van der Waals surface area contributed by atoms with E-state index in [1.807, 2.05) is 47.4 Å². The molecular formula is C21H25N3O3. The average Bonchev–Trinajstić information content (AvgIpc) is 3.05. The number of hydrogen-bond donors (Lipinski definition) is 1. The summed E-state index contributed by atoms with van der Waals surface area (Å²) in [5.41, 5.74) is 1.03. The van der Waals surface area contributed by atoms with Gasteiger partial charge >= 0.3 is 0 Å². The van der Waals surface area contributed by atoms with E-state index in [0.29, 0.717) is 19.6 Å². The quantitative estimate of drug-likeness (QED) is 0.762. The molecule has 142 valence electrons. The van der Waals surface area contributed by atoms with E-state index in [2.05, 4.69) is 10.3 Å². The van der Waals surface area contributed by atoms with E-state index in [4.69, 9.17) is 9.47 Å². The molecule has 1 aromatic carbocycles. The topological polar surface area (TPSA) is 63.7 Å². The maximum atomic E-state index is 12.4. The van der Waals surface area contributed by atoms with Crippen LogP contribution in [-0.4, -0.2) is 47.6 Å². The molecule has 0 unspecified atom stereocenters. The molecule has 0 bridgehead atoms. The first kappa shape index (κ1) is 17.8. The number of carbonyl (C=O) groups is 1. The highest BCUT2D eigenvalue weighted by Crippen LogP contribution is 2.32. The Balaban J connectivity index is 1.27. The number of pyridine rings is 1. The van der Waals surface area contributed by atoms with Gasteiger partial charge in [-0.2, -0.15) is 0 Å². The van der Waals surface area contributed by atoms with Crippen LogP contribution in [0.1, 0.15) is 25.0 Å². The van der Waals surface area contributed by atoms with Crippen molar-refractivity contribution >= 4 is 5.91 Å². The lowest BCUT2D eigenvalue weighted by atomic mass is 10.1. The summed E-state index contributed by atoms with van der Waals surface area (Å²) in [4.78, 5) is 18.6. The third kappa shape index (κ3) is 4.39. The van der Waals surface area contributed by atoms with E-state index in [1.54, 1.807) is 6.20 Å². The van der Waals surface area contributed by atoms with Crippen LogP contribution in [0.5, 0.6) is 11.5 Å². The molecule has 0 spiro atoms. The van der Waals surface area contributed by atoms with Gasteiger partial charge in [-0.1, -0.05) is 18.2 Å². The molecule has 1 N–H and O–H groups in total. The Labute approximate surface area is 159 Å². The number of ether oxygens (including phenoxy) is 2. The van der Waals surface area contributed by atoms with Crippen molar-refractivity contribution in [3.05, 3.63) is 54.4 Å². The van der Waals surface area contributed by atoms with Crippen LogP contribution < -0.4 is 14.8 Å². The number of amides is 1. The van der Waals surface area contributed by atoms with E-state index >= 15 is 0 Å². The molecule has 6 heteroatoms. The third-order valence-corrected chi connectivity index (χ3v) is 5.11. The highest BCUT2D eigenvalue weighted by molar-refractivity contribution is 5.78. The van der Waals surface area contributed by atoms with Crippen LogP contribution in [0.15, 0.2) is 48.7 Å². The van der Waals surface area contributed by atoms with Gasteiger partial charge in [0.15, 0.2) is 17.6 Å². The van der Waals surface area contributed by atoms with E-state index in [0.717, 1.165) is 43.1 Å². The Morgan fingerprint density at radius 1 is 1.15 bits per heavy atom. The molecule has 6 nitrogen and oxygen atoms in total. The number of benzene rings is 1. The van der Waals surface area contributed by atoms with Gasteiger partial charge in [-0.25, -0.2) is 0 Å². The molecule has 1 aromatic heterocycles. The number of fused-ring (bicyclic) bond motifs is 1. The van der Waals surface area contributed by atoms with Crippen LogP contribution in [0.2, 0.25) is 0 Å². The van der Waals surface area contributed by atoms with Gasteiger partial charge in [0.25, 0.3) is 0 Å². The van der Waals surface area contributed by atoms with Gasteiger partial charge in [0.2, 0.25) is 5.91 Å². The molecule has 2 aliphatic rings. The largest absolute Gasteiger partial charge is 0.486 e. The molecule has 2 aliphatic heterocycles. The fourth-order valence-electron chi connectivity index (χ4n) is 3.70. The van der Waals surface area contributed by atoms with E-state index in [-0.39, 0.29) is 18.1 Å². The second-order valence-corrected chi connectivity index (χ2v) is 7.02. The number of aromatic nitrogens is 1. The summed E-state index contributed by atoms with van der Waals surface area (Å²) in [5, 5.41) is 3.42. The first-order valence-corrected chi connectivity index (χ1v) is 9.58. The molecule has 2 atom stereocenters. The maximum absolute atomic E-state index is 12.4. The fourth-order valence-corrected chi connectivity index (χ4v) is 3.70. The van der Waals surface area contributed by atoms with Crippen molar-refractivity contribution in [1.82, 2.24) is 15.2 Å². The van der Waals surface area contributed by atoms with E-state index < -0.39 is 0 Å². The lowest BCUT2D eigenvalue weighted by Crippen LogP contribution is -2.45. The summed E-state index contributed by atoms with van der Waals surface area (Å²) in [6.45, 7) is 2.66. The van der Waals surface area contributed by atoms with Crippen LogP contribution in [0.4, 0.5) is 0 Å². The zero-order chi connectivity index (χ0) is 18.5. The zero-order valence-corrected chi connectivity index (χ0v) is 15.3. The van der Waals surface area contributed by atoms with Gasteiger partial charge in [0.05, 0.1) is 12.2 Å². The first-order chi connectivity index (χ1) is 13.3. The molecule has 0 radical (unpaired) electrons. The summed E-state index contributed by atoms with van der Waals surface area (Å²) in [7, 11) is 0. The highest BCUT2D eigenvalue weighted by atomic mass is 16.6. The van der Waals surface area contributed by atoms with Crippen molar-refractivity contribution in [2.24, 2.45) is 0 Å². The molecule has 1 saturated heterocycles. The summed E-state index contributed by atoms with van der Waals surface area (Å²) in [6, 6.07) is 13.9. The zero-order valence-electron chi connectivity index (χ0n) is 15.3. The lowest BCUT2D eigenvalue weighted by molar-refractivity contribution is -0.130.